The number of hydrogen-bond donors (Lipinski definition) is 2. The fraction of sp³-hybridized carbons (Fsp3) is 0.389. The molecular formula is C18H22N4O2. The van der Waals surface area contributed by atoms with Crippen molar-refractivity contribution in [2.24, 2.45) is 11.7 Å². The van der Waals surface area contributed by atoms with Gasteiger partial charge in [-0.05, 0) is 25.3 Å². The quantitative estimate of drug-likeness (QED) is 0.632. The maximum Gasteiger partial charge on any atom is 0.263 e. The molecule has 0 radical (unpaired) electrons. The minimum atomic E-state index is -0.397. The molecule has 1 aliphatic heterocycles. The molecule has 1 saturated heterocycles. The Balaban J connectivity index is 1.97. The molecule has 0 bridgehead atoms. The number of nitrogens with two attached hydrogens (primary N) is 1. The number of carbonyl (C=O) groups is 2. The van der Waals surface area contributed by atoms with Gasteiger partial charge in [-0.25, -0.2) is 0 Å². The summed E-state index contributed by atoms with van der Waals surface area (Å²) in [6.45, 7) is 3.10. The highest BCUT2D eigenvalue weighted by atomic mass is 16.2. The standard InChI is InChI=1S/C18H22N4O2/c1-13(14-5-3-2-4-6-14)21-18(24)16(11-19)12-22-9-7-15(8-10-22)17(20)23/h2-6,12-13,15H,7-10H2,1H3,(H2,20,23)(H,21,24)/b16-12-. The molecule has 0 aromatic heterocycles. The lowest BCUT2D eigenvalue weighted by atomic mass is 9.96. The summed E-state index contributed by atoms with van der Waals surface area (Å²) in [5, 5.41) is 12.1. The van der Waals surface area contributed by atoms with Gasteiger partial charge in [-0.1, -0.05) is 30.3 Å². The van der Waals surface area contributed by atoms with Crippen molar-refractivity contribution in [2.45, 2.75) is 25.8 Å². The van der Waals surface area contributed by atoms with Crippen molar-refractivity contribution >= 4 is 11.8 Å². The molecule has 2 amide bonds. The van der Waals surface area contributed by atoms with Crippen LogP contribution in [-0.2, 0) is 9.59 Å². The van der Waals surface area contributed by atoms with Gasteiger partial charge in [0, 0.05) is 25.2 Å². The van der Waals surface area contributed by atoms with Crippen LogP contribution in [0, 0.1) is 17.2 Å². The molecule has 1 aromatic carbocycles. The Morgan fingerprint density at radius 2 is 1.96 bits per heavy atom. The first-order valence-corrected chi connectivity index (χ1v) is 8.02. The van der Waals surface area contributed by atoms with Crippen LogP contribution in [0.25, 0.3) is 0 Å². The van der Waals surface area contributed by atoms with Crippen molar-refractivity contribution < 1.29 is 9.59 Å². The third-order valence-corrected chi connectivity index (χ3v) is 4.26. The van der Waals surface area contributed by atoms with E-state index in [9.17, 15) is 14.9 Å². The molecular weight excluding hydrogens is 304 g/mol. The van der Waals surface area contributed by atoms with Gasteiger partial charge in [0.15, 0.2) is 0 Å². The maximum atomic E-state index is 12.3. The molecule has 1 fully saturated rings. The summed E-state index contributed by atoms with van der Waals surface area (Å²) < 4.78 is 0. The number of piperidine rings is 1. The number of primary amides is 1. The van der Waals surface area contributed by atoms with E-state index in [0.717, 1.165) is 5.56 Å². The zero-order valence-electron chi connectivity index (χ0n) is 13.7. The summed E-state index contributed by atoms with van der Waals surface area (Å²) >= 11 is 0. The Morgan fingerprint density at radius 3 is 2.50 bits per heavy atom. The van der Waals surface area contributed by atoms with Crippen molar-refractivity contribution in [3.05, 3.63) is 47.7 Å². The Kier molecular flexibility index (Phi) is 5.96. The number of nitrogens with zero attached hydrogens (tertiary/aromatic N) is 2. The van der Waals surface area contributed by atoms with Crippen LogP contribution in [0.3, 0.4) is 0 Å². The van der Waals surface area contributed by atoms with E-state index in [1.54, 1.807) is 6.20 Å². The summed E-state index contributed by atoms with van der Waals surface area (Å²) in [5.41, 5.74) is 6.35. The largest absolute Gasteiger partial charge is 0.376 e. The Hall–Kier alpha value is -2.81. The van der Waals surface area contributed by atoms with E-state index in [2.05, 4.69) is 5.32 Å². The smallest absolute Gasteiger partial charge is 0.263 e. The summed E-state index contributed by atoms with van der Waals surface area (Å²) in [4.78, 5) is 25.4. The fourth-order valence-corrected chi connectivity index (χ4v) is 2.73. The van der Waals surface area contributed by atoms with Crippen molar-refractivity contribution in [3.8, 4) is 6.07 Å². The van der Waals surface area contributed by atoms with Crippen LogP contribution in [0.5, 0.6) is 0 Å². The van der Waals surface area contributed by atoms with E-state index in [1.165, 1.54) is 0 Å². The number of rotatable bonds is 5. The molecule has 0 aliphatic carbocycles. The highest BCUT2D eigenvalue weighted by Gasteiger charge is 2.23. The molecule has 6 heteroatoms. The third kappa shape index (κ3) is 4.59. The van der Waals surface area contributed by atoms with Crippen LogP contribution < -0.4 is 11.1 Å². The van der Waals surface area contributed by atoms with E-state index in [0.29, 0.717) is 25.9 Å². The second-order valence-electron chi connectivity index (χ2n) is 5.97. The van der Waals surface area contributed by atoms with Gasteiger partial charge in [-0.3, -0.25) is 9.59 Å². The van der Waals surface area contributed by atoms with Gasteiger partial charge in [0.25, 0.3) is 5.91 Å². The zero-order valence-corrected chi connectivity index (χ0v) is 13.7. The van der Waals surface area contributed by atoms with Gasteiger partial charge >= 0.3 is 0 Å². The van der Waals surface area contributed by atoms with Crippen molar-refractivity contribution in [1.82, 2.24) is 10.2 Å². The molecule has 1 aromatic rings. The minimum absolute atomic E-state index is 0.0651. The molecule has 126 valence electrons. The highest BCUT2D eigenvalue weighted by Crippen LogP contribution is 2.18. The lowest BCUT2D eigenvalue weighted by molar-refractivity contribution is -0.123. The Bertz CT molecular complexity index is 655. The normalized spacial score (nSPS) is 17.0. The molecule has 0 spiro atoms. The summed E-state index contributed by atoms with van der Waals surface area (Å²) in [5.74, 6) is -0.799. The van der Waals surface area contributed by atoms with Gasteiger partial charge in [0.1, 0.15) is 11.6 Å². The first-order chi connectivity index (χ1) is 11.5. The average molecular weight is 326 g/mol. The second-order valence-corrected chi connectivity index (χ2v) is 5.97. The first kappa shape index (κ1) is 17.5. The van der Waals surface area contributed by atoms with Gasteiger partial charge in [-0.15, -0.1) is 0 Å². The fourth-order valence-electron chi connectivity index (χ4n) is 2.73. The molecule has 24 heavy (non-hydrogen) atoms. The summed E-state index contributed by atoms with van der Waals surface area (Å²) in [6.07, 6.45) is 2.86. The van der Waals surface area contributed by atoms with E-state index in [1.807, 2.05) is 48.2 Å². The molecule has 1 unspecified atom stereocenters. The molecule has 0 saturated carbocycles. The number of nitriles is 1. The van der Waals surface area contributed by atoms with Crippen LogP contribution in [0.15, 0.2) is 42.1 Å². The number of carbonyl (C=O) groups excluding carboxylic acids is 2. The molecule has 2 rings (SSSR count). The Morgan fingerprint density at radius 1 is 1.33 bits per heavy atom. The van der Waals surface area contributed by atoms with E-state index in [4.69, 9.17) is 5.73 Å². The molecule has 1 aliphatic rings. The van der Waals surface area contributed by atoms with Crippen molar-refractivity contribution in [1.29, 1.82) is 5.26 Å². The van der Waals surface area contributed by atoms with E-state index < -0.39 is 5.91 Å². The highest BCUT2D eigenvalue weighted by molar-refractivity contribution is 5.97. The maximum absolute atomic E-state index is 12.3. The number of nitrogens with one attached hydrogen (secondary N) is 1. The van der Waals surface area contributed by atoms with Crippen LogP contribution in [0.1, 0.15) is 31.4 Å². The first-order valence-electron chi connectivity index (χ1n) is 8.02. The number of hydrogen-bond acceptors (Lipinski definition) is 4. The van der Waals surface area contributed by atoms with Gasteiger partial charge < -0.3 is 16.0 Å². The third-order valence-electron chi connectivity index (χ3n) is 4.26. The lowest BCUT2D eigenvalue weighted by Crippen LogP contribution is -2.37. The summed E-state index contributed by atoms with van der Waals surface area (Å²) in [7, 11) is 0. The topological polar surface area (TPSA) is 99.2 Å². The number of benzene rings is 1. The van der Waals surface area contributed by atoms with Gasteiger partial charge in [0.2, 0.25) is 5.91 Å². The van der Waals surface area contributed by atoms with E-state index >= 15 is 0 Å². The van der Waals surface area contributed by atoms with Crippen molar-refractivity contribution in [3.63, 3.8) is 0 Å². The van der Waals surface area contributed by atoms with Crippen LogP contribution >= 0.6 is 0 Å². The molecule has 6 nitrogen and oxygen atoms in total. The molecule has 1 atom stereocenters. The number of likely N-dealkylation sites (tertiary alicyclic amines) is 1. The van der Waals surface area contributed by atoms with Crippen LogP contribution in [0.4, 0.5) is 0 Å². The van der Waals surface area contributed by atoms with Crippen LogP contribution in [-0.4, -0.2) is 29.8 Å². The van der Waals surface area contributed by atoms with E-state index in [-0.39, 0.29) is 23.4 Å². The van der Waals surface area contributed by atoms with Gasteiger partial charge in [-0.2, -0.15) is 5.26 Å². The predicted octanol–water partition coefficient (Wildman–Crippen LogP) is 1.47. The van der Waals surface area contributed by atoms with Crippen molar-refractivity contribution in [2.75, 3.05) is 13.1 Å². The summed E-state index contributed by atoms with van der Waals surface area (Å²) in [6, 6.07) is 11.3. The Labute approximate surface area is 141 Å². The molecule has 3 N–H and O–H groups in total. The second kappa shape index (κ2) is 8.16. The predicted molar refractivity (Wildman–Crippen MR) is 90.2 cm³/mol. The SMILES string of the molecule is CC(NC(=O)/C(C#N)=C\N1CCC(C(N)=O)CC1)c1ccccc1. The average Bonchev–Trinajstić information content (AvgIpc) is 2.60. The number of amides is 2. The lowest BCUT2D eigenvalue weighted by Gasteiger charge is -2.29. The van der Waals surface area contributed by atoms with Crippen LogP contribution in [0.2, 0.25) is 0 Å². The minimum Gasteiger partial charge on any atom is -0.376 e. The van der Waals surface area contributed by atoms with Gasteiger partial charge in [0.05, 0.1) is 6.04 Å². The monoisotopic (exact) mass is 326 g/mol. The zero-order chi connectivity index (χ0) is 17.5. The molecule has 1 heterocycles.